The topological polar surface area (TPSA) is 160 Å². The molecule has 0 bridgehead atoms. The number of halogens is 3. The highest BCUT2D eigenvalue weighted by atomic mass is 19.4. The van der Waals surface area contributed by atoms with E-state index in [0.717, 1.165) is 18.6 Å². The molecule has 0 unspecified atom stereocenters. The predicted octanol–water partition coefficient (Wildman–Crippen LogP) is -0.0363. The fourth-order valence-corrected chi connectivity index (χ4v) is 2.58. The zero-order chi connectivity index (χ0) is 21.9. The van der Waals surface area contributed by atoms with Crippen LogP contribution in [0.5, 0.6) is 6.01 Å². The molecule has 2 aromatic heterocycles. The summed E-state index contributed by atoms with van der Waals surface area (Å²) in [5.74, 6) is -1.45. The van der Waals surface area contributed by atoms with Crippen molar-refractivity contribution in [2.75, 3.05) is 18.5 Å². The Balaban J connectivity index is 1.57. The van der Waals surface area contributed by atoms with Gasteiger partial charge < -0.3 is 30.1 Å². The highest BCUT2D eigenvalue weighted by Crippen LogP contribution is 2.28. The van der Waals surface area contributed by atoms with Crippen LogP contribution in [0.2, 0.25) is 0 Å². The molecule has 0 aromatic carbocycles. The maximum atomic E-state index is 12.7. The van der Waals surface area contributed by atoms with Crippen molar-refractivity contribution in [3.05, 3.63) is 36.0 Å². The van der Waals surface area contributed by atoms with Crippen molar-refractivity contribution in [3.8, 4) is 6.01 Å². The van der Waals surface area contributed by atoms with Crippen molar-refractivity contribution in [1.29, 1.82) is 0 Å². The number of anilines is 1. The molecule has 1 aliphatic rings. The lowest BCUT2D eigenvalue weighted by Gasteiger charge is -2.37. The van der Waals surface area contributed by atoms with Crippen molar-refractivity contribution >= 4 is 11.8 Å². The lowest BCUT2D eigenvalue weighted by molar-refractivity contribution is -0.150. The first-order valence-corrected chi connectivity index (χ1v) is 8.47. The van der Waals surface area contributed by atoms with Gasteiger partial charge in [0.05, 0.1) is 30.6 Å². The molecule has 0 amide bonds. The fraction of sp³-hybridized carbons (Fsp3) is 0.438. The molecule has 1 aliphatic heterocycles. The molecule has 4 atom stereocenters. The molecular weight excluding hydrogens is 415 g/mol. The highest BCUT2D eigenvalue weighted by Gasteiger charge is 2.39. The van der Waals surface area contributed by atoms with E-state index in [1.165, 1.54) is 0 Å². The Labute approximate surface area is 166 Å². The van der Waals surface area contributed by atoms with E-state index < -0.39 is 42.2 Å². The van der Waals surface area contributed by atoms with E-state index in [9.17, 15) is 28.2 Å². The third kappa shape index (κ3) is 5.08. The molecule has 0 radical (unpaired) electrons. The summed E-state index contributed by atoms with van der Waals surface area (Å²) in [6.45, 7) is -0.441. The third-order valence-corrected chi connectivity index (χ3v) is 4.14. The van der Waals surface area contributed by atoms with Crippen LogP contribution >= 0.6 is 0 Å². The quantitative estimate of drug-likeness (QED) is 0.486. The number of ether oxygens (including phenoxy) is 2. The second kappa shape index (κ2) is 8.73. The number of carboxylic acid groups (broad SMARTS) is 1. The lowest BCUT2D eigenvalue weighted by atomic mass is 9.98. The lowest BCUT2D eigenvalue weighted by Crippen LogP contribution is -2.57. The Kier molecular flexibility index (Phi) is 6.28. The Bertz CT molecular complexity index is 884. The first-order chi connectivity index (χ1) is 14.1. The zero-order valence-corrected chi connectivity index (χ0v) is 15.0. The standard InChI is InChI=1S/C16H16F3N5O6/c17-16(18,19)10-3-20-4-11(24-10)23-8-5-29-9(13(26)12(8)25)6-30-15-21-1-7(2-22-15)14(27)28/h1-4,8-9,12-13,25-26H,5-6H2,(H,23,24)(H,27,28)/t8-,9+,12+,13-/m0/s1. The monoisotopic (exact) mass is 431 g/mol. The van der Waals surface area contributed by atoms with E-state index >= 15 is 0 Å². The number of nitrogens with one attached hydrogen (secondary N) is 1. The number of hydrogen-bond donors (Lipinski definition) is 4. The van der Waals surface area contributed by atoms with Crippen molar-refractivity contribution in [2.24, 2.45) is 0 Å². The first kappa shape index (κ1) is 21.6. The normalized spacial score (nSPS) is 24.3. The van der Waals surface area contributed by atoms with Gasteiger partial charge >= 0.3 is 18.2 Å². The van der Waals surface area contributed by atoms with Gasteiger partial charge in [-0.3, -0.25) is 4.98 Å². The maximum absolute atomic E-state index is 12.7. The molecule has 4 N–H and O–H groups in total. The SMILES string of the molecule is O=C(O)c1cnc(OC[C@H]2OC[C@H](Nc3cncc(C(F)(F)F)n3)[C@@H](O)[C@H]2O)nc1. The molecule has 3 heterocycles. The van der Waals surface area contributed by atoms with Gasteiger partial charge in [0.15, 0.2) is 5.69 Å². The van der Waals surface area contributed by atoms with E-state index in [1.54, 1.807) is 0 Å². The molecule has 0 spiro atoms. The van der Waals surface area contributed by atoms with Crippen LogP contribution in [0.3, 0.4) is 0 Å². The van der Waals surface area contributed by atoms with Gasteiger partial charge in [-0.2, -0.15) is 13.2 Å². The van der Waals surface area contributed by atoms with Crippen LogP contribution in [0.4, 0.5) is 19.0 Å². The van der Waals surface area contributed by atoms with Crippen molar-refractivity contribution in [1.82, 2.24) is 19.9 Å². The van der Waals surface area contributed by atoms with E-state index in [-0.39, 0.29) is 30.6 Å². The summed E-state index contributed by atoms with van der Waals surface area (Å²) in [6, 6.07) is -1.12. The molecule has 14 heteroatoms. The number of aliphatic hydroxyl groups is 2. The van der Waals surface area contributed by atoms with Gasteiger partial charge in [-0.1, -0.05) is 0 Å². The van der Waals surface area contributed by atoms with Crippen molar-refractivity contribution in [3.63, 3.8) is 0 Å². The van der Waals surface area contributed by atoms with Gasteiger partial charge in [0.2, 0.25) is 0 Å². The highest BCUT2D eigenvalue weighted by molar-refractivity contribution is 5.86. The second-order valence-electron chi connectivity index (χ2n) is 6.26. The summed E-state index contributed by atoms with van der Waals surface area (Å²) < 4.78 is 48.8. The summed E-state index contributed by atoms with van der Waals surface area (Å²) in [6.07, 6.45) is -4.87. The van der Waals surface area contributed by atoms with Crippen LogP contribution in [0.15, 0.2) is 24.8 Å². The largest absolute Gasteiger partial charge is 0.478 e. The average Bonchev–Trinajstić information content (AvgIpc) is 2.71. The van der Waals surface area contributed by atoms with Gasteiger partial charge in [0.1, 0.15) is 30.7 Å². The number of carboxylic acids is 1. The van der Waals surface area contributed by atoms with E-state index in [4.69, 9.17) is 14.6 Å². The van der Waals surface area contributed by atoms with Crippen molar-refractivity contribution in [2.45, 2.75) is 30.5 Å². The number of carbonyl (C=O) groups is 1. The molecule has 1 saturated heterocycles. The van der Waals surface area contributed by atoms with Crippen LogP contribution < -0.4 is 10.1 Å². The number of aromatic carboxylic acids is 1. The predicted molar refractivity (Wildman–Crippen MR) is 90.7 cm³/mol. The minimum absolute atomic E-state index is 0.140. The van der Waals surface area contributed by atoms with E-state index in [1.807, 2.05) is 0 Å². The zero-order valence-electron chi connectivity index (χ0n) is 15.0. The molecule has 11 nitrogen and oxygen atoms in total. The van der Waals surface area contributed by atoms with Gasteiger partial charge in [-0.05, 0) is 0 Å². The third-order valence-electron chi connectivity index (χ3n) is 4.14. The first-order valence-electron chi connectivity index (χ1n) is 8.47. The maximum Gasteiger partial charge on any atom is 0.434 e. The molecule has 0 saturated carbocycles. The smallest absolute Gasteiger partial charge is 0.434 e. The molecule has 30 heavy (non-hydrogen) atoms. The average molecular weight is 431 g/mol. The van der Waals surface area contributed by atoms with E-state index in [2.05, 4.69) is 25.3 Å². The van der Waals surface area contributed by atoms with Crippen LogP contribution in [0.1, 0.15) is 16.1 Å². The Morgan fingerprint density at radius 1 is 1.20 bits per heavy atom. The molecule has 2 aromatic rings. The summed E-state index contributed by atoms with van der Waals surface area (Å²) in [7, 11) is 0. The van der Waals surface area contributed by atoms with Crippen LogP contribution in [0.25, 0.3) is 0 Å². The second-order valence-corrected chi connectivity index (χ2v) is 6.26. The summed E-state index contributed by atoms with van der Waals surface area (Å²) in [5, 5.41) is 31.9. The van der Waals surface area contributed by atoms with Gasteiger partial charge in [-0.15, -0.1) is 0 Å². The van der Waals surface area contributed by atoms with E-state index in [0.29, 0.717) is 6.20 Å². The summed E-state index contributed by atoms with van der Waals surface area (Å²) in [5.41, 5.74) is -1.35. The Morgan fingerprint density at radius 2 is 1.90 bits per heavy atom. The van der Waals surface area contributed by atoms with Crippen LogP contribution in [0, 0.1) is 0 Å². The van der Waals surface area contributed by atoms with Gasteiger partial charge in [0.25, 0.3) is 0 Å². The van der Waals surface area contributed by atoms with Crippen LogP contribution in [-0.4, -0.2) is 78.8 Å². The van der Waals surface area contributed by atoms with Gasteiger partial charge in [-0.25, -0.2) is 19.7 Å². The van der Waals surface area contributed by atoms with Crippen molar-refractivity contribution < 1.29 is 42.8 Å². The van der Waals surface area contributed by atoms with Crippen LogP contribution in [-0.2, 0) is 10.9 Å². The molecule has 162 valence electrons. The molecule has 3 rings (SSSR count). The number of nitrogens with zero attached hydrogens (tertiary/aromatic N) is 4. The number of aliphatic hydroxyl groups excluding tert-OH is 2. The minimum atomic E-state index is -4.68. The minimum Gasteiger partial charge on any atom is -0.478 e. The Hall–Kier alpha value is -3.10. The summed E-state index contributed by atoms with van der Waals surface area (Å²) in [4.78, 5) is 25.0. The molecule has 1 fully saturated rings. The number of rotatable bonds is 6. The number of hydrogen-bond acceptors (Lipinski definition) is 10. The van der Waals surface area contributed by atoms with Gasteiger partial charge in [0, 0.05) is 12.4 Å². The number of aromatic nitrogens is 4. The molecule has 0 aliphatic carbocycles. The molecular formula is C16H16F3N5O6. The fourth-order valence-electron chi connectivity index (χ4n) is 2.58. The Morgan fingerprint density at radius 3 is 2.53 bits per heavy atom. The summed E-state index contributed by atoms with van der Waals surface area (Å²) >= 11 is 0. The number of alkyl halides is 3.